The zero-order valence-corrected chi connectivity index (χ0v) is 15.1. The SMILES string of the molecule is Cc1cn2cc(-c3ccc4c(=O)n(C5CCNCC5)ncc4c3)ncc2n1. The van der Waals surface area contributed by atoms with Crippen LogP contribution in [-0.4, -0.2) is 37.2 Å². The van der Waals surface area contributed by atoms with Gasteiger partial charge in [-0.2, -0.15) is 5.10 Å². The van der Waals surface area contributed by atoms with Crippen molar-refractivity contribution < 1.29 is 0 Å². The minimum Gasteiger partial charge on any atom is -0.317 e. The standard InChI is InChI=1S/C20H20N6O/c1-13-11-25-12-18(22-10-19(25)24-13)14-2-3-17-15(8-14)9-23-26(20(17)27)16-4-6-21-7-5-16/h2-3,8-12,16,21H,4-7H2,1H3. The Hall–Kier alpha value is -3.06. The second-order valence-electron chi connectivity index (χ2n) is 7.10. The second-order valence-corrected chi connectivity index (χ2v) is 7.10. The van der Waals surface area contributed by atoms with Crippen LogP contribution in [0.5, 0.6) is 0 Å². The van der Waals surface area contributed by atoms with E-state index in [2.05, 4.69) is 20.4 Å². The third-order valence-electron chi connectivity index (χ3n) is 5.22. The molecule has 4 aromatic rings. The van der Waals surface area contributed by atoms with E-state index in [1.165, 1.54) is 0 Å². The van der Waals surface area contributed by atoms with Crippen LogP contribution < -0.4 is 10.9 Å². The van der Waals surface area contributed by atoms with Gasteiger partial charge in [0.15, 0.2) is 5.65 Å². The molecular formula is C20H20N6O. The maximum Gasteiger partial charge on any atom is 0.274 e. The minimum atomic E-state index is -0.0143. The van der Waals surface area contributed by atoms with Crippen molar-refractivity contribution in [3.05, 3.63) is 59.0 Å². The van der Waals surface area contributed by atoms with Crippen molar-refractivity contribution >= 4 is 16.4 Å². The Morgan fingerprint density at radius 2 is 2.00 bits per heavy atom. The van der Waals surface area contributed by atoms with Crippen molar-refractivity contribution in [3.63, 3.8) is 0 Å². The van der Waals surface area contributed by atoms with Gasteiger partial charge in [0.25, 0.3) is 5.56 Å². The average molecular weight is 360 g/mol. The van der Waals surface area contributed by atoms with Crippen LogP contribution >= 0.6 is 0 Å². The van der Waals surface area contributed by atoms with Crippen molar-refractivity contribution in [3.8, 4) is 11.3 Å². The lowest BCUT2D eigenvalue weighted by Gasteiger charge is -2.23. The molecule has 7 nitrogen and oxygen atoms in total. The summed E-state index contributed by atoms with van der Waals surface area (Å²) in [5, 5.41) is 9.32. The number of aromatic nitrogens is 5. The first-order valence-electron chi connectivity index (χ1n) is 9.23. The van der Waals surface area contributed by atoms with Gasteiger partial charge in [-0.3, -0.25) is 9.78 Å². The normalized spacial score (nSPS) is 15.6. The first-order valence-corrected chi connectivity index (χ1v) is 9.23. The maximum atomic E-state index is 12.9. The number of nitrogens with one attached hydrogen (secondary N) is 1. The number of hydrogen-bond donors (Lipinski definition) is 1. The van der Waals surface area contributed by atoms with Crippen LogP contribution in [0.25, 0.3) is 27.7 Å². The largest absolute Gasteiger partial charge is 0.317 e. The van der Waals surface area contributed by atoms with Crippen molar-refractivity contribution in [1.29, 1.82) is 0 Å². The number of piperidine rings is 1. The number of rotatable bonds is 2. The highest BCUT2D eigenvalue weighted by atomic mass is 16.1. The van der Waals surface area contributed by atoms with Crippen molar-refractivity contribution in [2.45, 2.75) is 25.8 Å². The summed E-state index contributed by atoms with van der Waals surface area (Å²) in [7, 11) is 0. The maximum absolute atomic E-state index is 12.9. The first kappa shape index (κ1) is 16.1. The monoisotopic (exact) mass is 360 g/mol. The van der Waals surface area contributed by atoms with Gasteiger partial charge in [0.2, 0.25) is 0 Å². The van der Waals surface area contributed by atoms with Crippen LogP contribution in [-0.2, 0) is 0 Å². The summed E-state index contributed by atoms with van der Waals surface area (Å²) >= 11 is 0. The zero-order valence-electron chi connectivity index (χ0n) is 15.1. The highest BCUT2D eigenvalue weighted by molar-refractivity contribution is 5.85. The van der Waals surface area contributed by atoms with E-state index < -0.39 is 0 Å². The molecule has 0 saturated carbocycles. The van der Waals surface area contributed by atoms with E-state index in [9.17, 15) is 4.79 Å². The Morgan fingerprint density at radius 1 is 1.15 bits per heavy atom. The van der Waals surface area contributed by atoms with E-state index in [4.69, 9.17) is 0 Å². The fourth-order valence-corrected chi connectivity index (χ4v) is 3.81. The Balaban J connectivity index is 1.57. The molecule has 0 radical (unpaired) electrons. The summed E-state index contributed by atoms with van der Waals surface area (Å²) in [6.07, 6.45) is 9.36. The fraction of sp³-hybridized carbons (Fsp3) is 0.300. The van der Waals surface area contributed by atoms with Crippen LogP contribution in [0.4, 0.5) is 0 Å². The number of fused-ring (bicyclic) bond motifs is 2. The summed E-state index contributed by atoms with van der Waals surface area (Å²) in [4.78, 5) is 21.8. The summed E-state index contributed by atoms with van der Waals surface area (Å²) < 4.78 is 3.62. The van der Waals surface area contributed by atoms with Gasteiger partial charge < -0.3 is 9.72 Å². The third kappa shape index (κ3) is 2.80. The predicted octanol–water partition coefficient (Wildman–Crippen LogP) is 2.34. The van der Waals surface area contributed by atoms with Crippen LogP contribution in [0.2, 0.25) is 0 Å². The van der Waals surface area contributed by atoms with E-state index in [0.717, 1.165) is 53.9 Å². The van der Waals surface area contributed by atoms with Gasteiger partial charge in [0.1, 0.15) is 0 Å². The number of aryl methyl sites for hydroxylation is 1. The summed E-state index contributed by atoms with van der Waals surface area (Å²) in [5.41, 5.74) is 3.55. The molecule has 4 heterocycles. The van der Waals surface area contributed by atoms with Crippen LogP contribution in [0.1, 0.15) is 24.6 Å². The molecule has 1 aliphatic heterocycles. The smallest absolute Gasteiger partial charge is 0.274 e. The molecule has 0 aliphatic carbocycles. The Labute approximate surface area is 155 Å². The molecule has 1 aliphatic rings. The zero-order chi connectivity index (χ0) is 18.4. The predicted molar refractivity (Wildman–Crippen MR) is 104 cm³/mol. The molecule has 3 aromatic heterocycles. The average Bonchev–Trinajstić information content (AvgIpc) is 3.08. The van der Waals surface area contributed by atoms with Crippen LogP contribution in [0.15, 0.2) is 47.8 Å². The van der Waals surface area contributed by atoms with Gasteiger partial charge in [0, 0.05) is 23.3 Å². The van der Waals surface area contributed by atoms with Crippen LogP contribution in [0.3, 0.4) is 0 Å². The molecule has 0 unspecified atom stereocenters. The Kier molecular flexibility index (Phi) is 3.75. The van der Waals surface area contributed by atoms with E-state index in [1.54, 1.807) is 17.1 Å². The minimum absolute atomic E-state index is 0.0143. The summed E-state index contributed by atoms with van der Waals surface area (Å²) in [5.74, 6) is 0. The fourth-order valence-electron chi connectivity index (χ4n) is 3.81. The van der Waals surface area contributed by atoms with Crippen molar-refractivity contribution in [2.24, 2.45) is 0 Å². The summed E-state index contributed by atoms with van der Waals surface area (Å²) in [6, 6.07) is 6.00. The van der Waals surface area contributed by atoms with Crippen molar-refractivity contribution in [2.75, 3.05) is 13.1 Å². The number of benzene rings is 1. The first-order chi connectivity index (χ1) is 13.2. The molecule has 5 rings (SSSR count). The summed E-state index contributed by atoms with van der Waals surface area (Å²) in [6.45, 7) is 3.82. The van der Waals surface area contributed by atoms with Crippen LogP contribution in [0, 0.1) is 6.92 Å². The van der Waals surface area contributed by atoms with Gasteiger partial charge >= 0.3 is 0 Å². The molecule has 1 fully saturated rings. The van der Waals surface area contributed by atoms with Gasteiger partial charge in [-0.1, -0.05) is 6.07 Å². The molecular weight excluding hydrogens is 340 g/mol. The Bertz CT molecular complexity index is 1200. The van der Waals surface area contributed by atoms with Crippen molar-refractivity contribution in [1.82, 2.24) is 29.5 Å². The molecule has 27 heavy (non-hydrogen) atoms. The molecule has 7 heteroatoms. The Morgan fingerprint density at radius 3 is 2.85 bits per heavy atom. The molecule has 1 N–H and O–H groups in total. The second kappa shape index (κ2) is 6.28. The number of imidazole rings is 1. The third-order valence-corrected chi connectivity index (χ3v) is 5.22. The molecule has 0 spiro atoms. The number of hydrogen-bond acceptors (Lipinski definition) is 5. The molecule has 0 amide bonds. The molecule has 0 atom stereocenters. The van der Waals surface area contributed by atoms with E-state index >= 15 is 0 Å². The highest BCUT2D eigenvalue weighted by Gasteiger charge is 2.18. The quantitative estimate of drug-likeness (QED) is 0.594. The molecule has 136 valence electrons. The van der Waals surface area contributed by atoms with E-state index in [-0.39, 0.29) is 11.6 Å². The van der Waals surface area contributed by atoms with Gasteiger partial charge in [-0.15, -0.1) is 0 Å². The van der Waals surface area contributed by atoms with Gasteiger partial charge in [0.05, 0.1) is 35.2 Å². The lowest BCUT2D eigenvalue weighted by molar-refractivity contribution is 0.333. The van der Waals surface area contributed by atoms with E-state index in [0.29, 0.717) is 5.39 Å². The molecule has 0 bridgehead atoms. The lowest BCUT2D eigenvalue weighted by atomic mass is 10.1. The molecule has 1 aromatic carbocycles. The number of nitrogens with zero attached hydrogens (tertiary/aromatic N) is 5. The van der Waals surface area contributed by atoms with Gasteiger partial charge in [-0.25, -0.2) is 9.67 Å². The van der Waals surface area contributed by atoms with Gasteiger partial charge in [-0.05, 0) is 45.0 Å². The topological polar surface area (TPSA) is 77.1 Å². The highest BCUT2D eigenvalue weighted by Crippen LogP contribution is 2.23. The molecule has 1 saturated heterocycles. The lowest BCUT2D eigenvalue weighted by Crippen LogP contribution is -2.35. The van der Waals surface area contributed by atoms with E-state index in [1.807, 2.05) is 41.9 Å².